The molecule has 3 rings (SSSR count). The van der Waals surface area contributed by atoms with Crippen molar-refractivity contribution in [1.29, 1.82) is 0 Å². The zero-order valence-corrected chi connectivity index (χ0v) is 15.3. The van der Waals surface area contributed by atoms with Gasteiger partial charge in [0, 0.05) is 24.4 Å². The summed E-state index contributed by atoms with van der Waals surface area (Å²) in [5, 5.41) is 5.42. The van der Waals surface area contributed by atoms with Crippen LogP contribution in [0.3, 0.4) is 0 Å². The first kappa shape index (κ1) is 19.0. The molecule has 6 heteroatoms. The molecule has 142 valence electrons. The molecule has 0 unspecified atom stereocenters. The van der Waals surface area contributed by atoms with Crippen molar-refractivity contribution in [2.24, 2.45) is 0 Å². The third kappa shape index (κ3) is 5.88. The maximum absolute atomic E-state index is 12.1. The second-order valence-electron chi connectivity index (χ2n) is 5.99. The molecule has 0 atom stereocenters. The Balaban J connectivity index is 1.50. The minimum Gasteiger partial charge on any atom is -0.484 e. The highest BCUT2D eigenvalue weighted by molar-refractivity contribution is 5.92. The normalized spacial score (nSPS) is 10.0. The number of carbonyl (C=O) groups excluding carboxylic acids is 2. The molecule has 0 saturated heterocycles. The molecule has 3 aromatic carbocycles. The third-order valence-electron chi connectivity index (χ3n) is 3.64. The number of hydrogen-bond acceptors (Lipinski definition) is 4. The molecule has 0 aromatic heterocycles. The van der Waals surface area contributed by atoms with E-state index in [-0.39, 0.29) is 18.4 Å². The third-order valence-corrected chi connectivity index (χ3v) is 3.64. The standard InChI is InChI=1S/C22H20N2O4/c1-16(25)23-18-6-5-9-21(14-18)27-15-22(26)24-17-10-12-20(13-11-17)28-19-7-3-2-4-8-19/h2-14H,15H2,1H3,(H,23,25)(H,24,26). The van der Waals surface area contributed by atoms with Crippen molar-refractivity contribution in [2.75, 3.05) is 17.2 Å². The van der Waals surface area contributed by atoms with Gasteiger partial charge in [0.2, 0.25) is 5.91 Å². The van der Waals surface area contributed by atoms with Gasteiger partial charge in [0.15, 0.2) is 6.61 Å². The summed E-state index contributed by atoms with van der Waals surface area (Å²) >= 11 is 0. The van der Waals surface area contributed by atoms with E-state index in [0.29, 0.717) is 22.9 Å². The summed E-state index contributed by atoms with van der Waals surface area (Å²) in [6, 6.07) is 23.4. The van der Waals surface area contributed by atoms with E-state index in [2.05, 4.69) is 10.6 Å². The van der Waals surface area contributed by atoms with Crippen LogP contribution < -0.4 is 20.1 Å². The maximum atomic E-state index is 12.1. The van der Waals surface area contributed by atoms with Gasteiger partial charge >= 0.3 is 0 Å². The molecule has 0 aliphatic rings. The lowest BCUT2D eigenvalue weighted by atomic mass is 10.3. The van der Waals surface area contributed by atoms with E-state index in [1.807, 2.05) is 30.3 Å². The molecular weight excluding hydrogens is 356 g/mol. The van der Waals surface area contributed by atoms with E-state index in [9.17, 15) is 9.59 Å². The van der Waals surface area contributed by atoms with E-state index >= 15 is 0 Å². The molecule has 28 heavy (non-hydrogen) atoms. The largest absolute Gasteiger partial charge is 0.484 e. The van der Waals surface area contributed by atoms with Gasteiger partial charge in [-0.15, -0.1) is 0 Å². The summed E-state index contributed by atoms with van der Waals surface area (Å²) in [7, 11) is 0. The topological polar surface area (TPSA) is 76.7 Å². The first-order valence-corrected chi connectivity index (χ1v) is 8.72. The smallest absolute Gasteiger partial charge is 0.262 e. The Morgan fingerprint density at radius 3 is 2.14 bits per heavy atom. The highest BCUT2D eigenvalue weighted by Crippen LogP contribution is 2.22. The Hall–Kier alpha value is -3.80. The zero-order valence-electron chi connectivity index (χ0n) is 15.3. The number of anilines is 2. The number of hydrogen-bond donors (Lipinski definition) is 2. The number of para-hydroxylation sites is 1. The summed E-state index contributed by atoms with van der Waals surface area (Å²) in [5.41, 5.74) is 1.25. The number of carbonyl (C=O) groups is 2. The Bertz CT molecular complexity index is 940. The summed E-state index contributed by atoms with van der Waals surface area (Å²) in [4.78, 5) is 23.2. The highest BCUT2D eigenvalue weighted by Gasteiger charge is 2.05. The van der Waals surface area contributed by atoms with E-state index in [0.717, 1.165) is 5.75 Å². The first-order valence-electron chi connectivity index (χ1n) is 8.72. The fraction of sp³-hybridized carbons (Fsp3) is 0.0909. The quantitative estimate of drug-likeness (QED) is 0.638. The van der Waals surface area contributed by atoms with Crippen LogP contribution in [0.5, 0.6) is 17.2 Å². The second kappa shape index (κ2) is 9.23. The van der Waals surface area contributed by atoms with Gasteiger partial charge in [0.1, 0.15) is 17.2 Å². The number of nitrogens with one attached hydrogen (secondary N) is 2. The SMILES string of the molecule is CC(=O)Nc1cccc(OCC(=O)Nc2ccc(Oc3ccccc3)cc2)c1. The second-order valence-corrected chi connectivity index (χ2v) is 5.99. The maximum Gasteiger partial charge on any atom is 0.262 e. The van der Waals surface area contributed by atoms with Gasteiger partial charge < -0.3 is 20.1 Å². The van der Waals surface area contributed by atoms with Gasteiger partial charge in [-0.1, -0.05) is 24.3 Å². The molecule has 0 radical (unpaired) electrons. The average molecular weight is 376 g/mol. The Morgan fingerprint density at radius 1 is 0.750 bits per heavy atom. The van der Waals surface area contributed by atoms with Crippen molar-refractivity contribution < 1.29 is 19.1 Å². The molecule has 0 heterocycles. The first-order chi connectivity index (χ1) is 13.6. The van der Waals surface area contributed by atoms with Crippen LogP contribution in [0.15, 0.2) is 78.9 Å². The van der Waals surface area contributed by atoms with Gasteiger partial charge in [0.05, 0.1) is 0 Å². The molecule has 0 bridgehead atoms. The molecule has 6 nitrogen and oxygen atoms in total. The zero-order chi connectivity index (χ0) is 19.8. The van der Waals surface area contributed by atoms with Gasteiger partial charge in [-0.2, -0.15) is 0 Å². The van der Waals surface area contributed by atoms with E-state index in [4.69, 9.17) is 9.47 Å². The van der Waals surface area contributed by atoms with Crippen LogP contribution in [0.25, 0.3) is 0 Å². The minimum absolute atomic E-state index is 0.147. The van der Waals surface area contributed by atoms with Crippen LogP contribution in [-0.4, -0.2) is 18.4 Å². The summed E-state index contributed by atoms with van der Waals surface area (Å²) in [6.07, 6.45) is 0. The Labute approximate surface area is 163 Å². The van der Waals surface area contributed by atoms with E-state index in [1.165, 1.54) is 6.92 Å². The lowest BCUT2D eigenvalue weighted by Gasteiger charge is -2.10. The van der Waals surface area contributed by atoms with Crippen LogP contribution in [0, 0.1) is 0 Å². The molecule has 0 aliphatic heterocycles. The number of amides is 2. The summed E-state index contributed by atoms with van der Waals surface area (Å²) in [5.74, 6) is 1.45. The molecule has 3 aromatic rings. The fourth-order valence-electron chi connectivity index (χ4n) is 2.44. The molecule has 2 amide bonds. The monoisotopic (exact) mass is 376 g/mol. The van der Waals surface area contributed by atoms with Gasteiger partial charge in [-0.3, -0.25) is 9.59 Å². The summed E-state index contributed by atoms with van der Waals surface area (Å²) < 4.78 is 11.2. The predicted octanol–water partition coefficient (Wildman–Crippen LogP) is 4.45. The Kier molecular flexibility index (Phi) is 6.25. The van der Waals surface area contributed by atoms with Crippen molar-refractivity contribution in [2.45, 2.75) is 6.92 Å². The number of ether oxygens (including phenoxy) is 2. The van der Waals surface area contributed by atoms with Crippen LogP contribution >= 0.6 is 0 Å². The lowest BCUT2D eigenvalue weighted by molar-refractivity contribution is -0.118. The molecular formula is C22H20N2O4. The van der Waals surface area contributed by atoms with Gasteiger partial charge in [0.25, 0.3) is 5.91 Å². The van der Waals surface area contributed by atoms with E-state index < -0.39 is 0 Å². The predicted molar refractivity (Wildman–Crippen MR) is 108 cm³/mol. The molecule has 2 N–H and O–H groups in total. The molecule has 0 aliphatic carbocycles. The van der Waals surface area contributed by atoms with Crippen LogP contribution in [0.4, 0.5) is 11.4 Å². The number of benzene rings is 3. The number of rotatable bonds is 7. The minimum atomic E-state index is -0.290. The summed E-state index contributed by atoms with van der Waals surface area (Å²) in [6.45, 7) is 1.28. The van der Waals surface area contributed by atoms with Crippen molar-refractivity contribution in [1.82, 2.24) is 0 Å². The van der Waals surface area contributed by atoms with Gasteiger partial charge in [-0.05, 0) is 48.5 Å². The molecule has 0 saturated carbocycles. The molecule has 0 spiro atoms. The highest BCUT2D eigenvalue weighted by atomic mass is 16.5. The Morgan fingerprint density at radius 2 is 1.43 bits per heavy atom. The van der Waals surface area contributed by atoms with E-state index in [1.54, 1.807) is 48.5 Å². The van der Waals surface area contributed by atoms with Crippen LogP contribution in [0.1, 0.15) is 6.92 Å². The van der Waals surface area contributed by atoms with Crippen molar-refractivity contribution in [3.05, 3.63) is 78.9 Å². The lowest BCUT2D eigenvalue weighted by Crippen LogP contribution is -2.20. The molecule has 0 fully saturated rings. The average Bonchev–Trinajstić information content (AvgIpc) is 2.69. The van der Waals surface area contributed by atoms with Crippen molar-refractivity contribution >= 4 is 23.2 Å². The van der Waals surface area contributed by atoms with Crippen LogP contribution in [0.2, 0.25) is 0 Å². The van der Waals surface area contributed by atoms with Crippen LogP contribution in [-0.2, 0) is 9.59 Å². The van der Waals surface area contributed by atoms with Crippen molar-refractivity contribution in [3.8, 4) is 17.2 Å². The van der Waals surface area contributed by atoms with Gasteiger partial charge in [-0.25, -0.2) is 0 Å². The van der Waals surface area contributed by atoms with Crippen molar-refractivity contribution in [3.63, 3.8) is 0 Å². The fourth-order valence-corrected chi connectivity index (χ4v) is 2.44.